The van der Waals surface area contributed by atoms with Crippen molar-refractivity contribution in [2.45, 2.75) is 33.7 Å². The Balaban J connectivity index is 2.03. The van der Waals surface area contributed by atoms with Gasteiger partial charge in [-0.2, -0.15) is 0 Å². The van der Waals surface area contributed by atoms with Gasteiger partial charge in [0.1, 0.15) is 17.5 Å². The van der Waals surface area contributed by atoms with Gasteiger partial charge in [0, 0.05) is 19.2 Å². The summed E-state index contributed by atoms with van der Waals surface area (Å²) in [6, 6.07) is 10.4. The lowest BCUT2D eigenvalue weighted by molar-refractivity contribution is 0.951. The lowest BCUT2D eigenvalue weighted by atomic mass is 10.1. The predicted molar refractivity (Wildman–Crippen MR) is 84.1 cm³/mol. The summed E-state index contributed by atoms with van der Waals surface area (Å²) in [5, 5.41) is 6.65. The van der Waals surface area contributed by atoms with E-state index in [0.29, 0.717) is 0 Å². The van der Waals surface area contributed by atoms with Crippen LogP contribution in [0.1, 0.15) is 30.3 Å². The molecule has 0 fully saturated rings. The maximum Gasteiger partial charge on any atom is 0.132 e. The van der Waals surface area contributed by atoms with Crippen LogP contribution < -0.4 is 10.6 Å². The van der Waals surface area contributed by atoms with Crippen LogP contribution in [0.25, 0.3) is 0 Å². The van der Waals surface area contributed by atoms with Crippen molar-refractivity contribution in [2.24, 2.45) is 0 Å². The number of benzene rings is 1. The van der Waals surface area contributed by atoms with Crippen LogP contribution in [0, 0.1) is 13.8 Å². The Morgan fingerprint density at radius 3 is 2.45 bits per heavy atom. The van der Waals surface area contributed by atoms with Crippen LogP contribution in [0.5, 0.6) is 0 Å². The first-order chi connectivity index (χ1) is 9.67. The molecule has 0 amide bonds. The van der Waals surface area contributed by atoms with Crippen molar-refractivity contribution in [2.75, 3.05) is 17.2 Å². The zero-order valence-electron chi connectivity index (χ0n) is 12.4. The third kappa shape index (κ3) is 4.23. The maximum absolute atomic E-state index is 4.42. The number of hydrogen-bond acceptors (Lipinski definition) is 4. The minimum absolute atomic E-state index is 0.769. The second-order valence-electron chi connectivity index (χ2n) is 4.96. The van der Waals surface area contributed by atoms with E-state index >= 15 is 0 Å². The SMILES string of the molecule is CCCNc1cc(NCc2cccc(C)c2)nc(C)n1. The smallest absolute Gasteiger partial charge is 0.132 e. The van der Waals surface area contributed by atoms with E-state index in [1.165, 1.54) is 11.1 Å². The van der Waals surface area contributed by atoms with Crippen molar-refractivity contribution in [1.29, 1.82) is 0 Å². The van der Waals surface area contributed by atoms with Crippen LogP contribution in [0.2, 0.25) is 0 Å². The van der Waals surface area contributed by atoms with Crippen LogP contribution in [-0.2, 0) is 6.54 Å². The summed E-state index contributed by atoms with van der Waals surface area (Å²) < 4.78 is 0. The number of hydrogen-bond donors (Lipinski definition) is 2. The molecule has 0 aliphatic rings. The molecule has 1 aromatic carbocycles. The molecule has 0 atom stereocenters. The zero-order chi connectivity index (χ0) is 14.4. The van der Waals surface area contributed by atoms with Gasteiger partial charge in [-0.1, -0.05) is 36.8 Å². The van der Waals surface area contributed by atoms with Gasteiger partial charge < -0.3 is 10.6 Å². The van der Waals surface area contributed by atoms with Crippen LogP contribution >= 0.6 is 0 Å². The standard InChI is InChI=1S/C16H22N4/c1-4-8-17-15-10-16(20-13(3)19-15)18-11-14-7-5-6-12(2)9-14/h5-7,9-10H,4,8,11H2,1-3H3,(H2,17,18,19,20). The van der Waals surface area contributed by atoms with E-state index in [1.54, 1.807) is 0 Å². The van der Waals surface area contributed by atoms with Crippen molar-refractivity contribution in [3.8, 4) is 0 Å². The fourth-order valence-electron chi connectivity index (χ4n) is 2.02. The molecule has 0 spiro atoms. The van der Waals surface area contributed by atoms with Gasteiger partial charge in [-0.15, -0.1) is 0 Å². The van der Waals surface area contributed by atoms with Crippen LogP contribution in [-0.4, -0.2) is 16.5 Å². The Kier molecular flexibility index (Phi) is 4.93. The molecule has 20 heavy (non-hydrogen) atoms. The van der Waals surface area contributed by atoms with Crippen molar-refractivity contribution in [3.05, 3.63) is 47.3 Å². The van der Waals surface area contributed by atoms with Crippen molar-refractivity contribution < 1.29 is 0 Å². The number of nitrogens with zero attached hydrogens (tertiary/aromatic N) is 2. The number of nitrogens with one attached hydrogen (secondary N) is 2. The molecule has 106 valence electrons. The monoisotopic (exact) mass is 270 g/mol. The second-order valence-corrected chi connectivity index (χ2v) is 4.96. The summed E-state index contributed by atoms with van der Waals surface area (Å²) in [5.74, 6) is 2.52. The quantitative estimate of drug-likeness (QED) is 0.843. The molecule has 2 aromatic rings. The molecule has 0 unspecified atom stereocenters. The topological polar surface area (TPSA) is 49.8 Å². The van der Waals surface area contributed by atoms with Crippen LogP contribution in [0.3, 0.4) is 0 Å². The highest BCUT2D eigenvalue weighted by molar-refractivity contribution is 5.47. The fourth-order valence-corrected chi connectivity index (χ4v) is 2.02. The first kappa shape index (κ1) is 14.3. The first-order valence-corrected chi connectivity index (χ1v) is 7.06. The van der Waals surface area contributed by atoms with E-state index in [9.17, 15) is 0 Å². The average molecular weight is 270 g/mol. The van der Waals surface area contributed by atoms with Crippen LogP contribution in [0.4, 0.5) is 11.6 Å². The van der Waals surface area contributed by atoms with E-state index in [-0.39, 0.29) is 0 Å². The Bertz CT molecular complexity index is 566. The van der Waals surface area contributed by atoms with Gasteiger partial charge in [-0.25, -0.2) is 9.97 Å². The Morgan fingerprint density at radius 1 is 1.00 bits per heavy atom. The Morgan fingerprint density at radius 2 is 1.75 bits per heavy atom. The van der Waals surface area contributed by atoms with Crippen LogP contribution in [0.15, 0.2) is 30.3 Å². The number of aromatic nitrogens is 2. The van der Waals surface area contributed by atoms with Gasteiger partial charge in [-0.05, 0) is 25.8 Å². The summed E-state index contributed by atoms with van der Waals surface area (Å²) in [6.07, 6.45) is 1.08. The van der Waals surface area contributed by atoms with E-state index in [2.05, 4.69) is 58.7 Å². The molecule has 4 heteroatoms. The lowest BCUT2D eigenvalue weighted by Gasteiger charge is -2.10. The fraction of sp³-hybridized carbons (Fsp3) is 0.375. The summed E-state index contributed by atoms with van der Waals surface area (Å²) in [5.41, 5.74) is 2.53. The van der Waals surface area contributed by atoms with Gasteiger partial charge >= 0.3 is 0 Å². The zero-order valence-corrected chi connectivity index (χ0v) is 12.4. The highest BCUT2D eigenvalue weighted by Crippen LogP contribution is 2.13. The van der Waals surface area contributed by atoms with Gasteiger partial charge in [0.25, 0.3) is 0 Å². The molecule has 0 radical (unpaired) electrons. The van der Waals surface area contributed by atoms with E-state index in [4.69, 9.17) is 0 Å². The largest absolute Gasteiger partial charge is 0.370 e. The summed E-state index contributed by atoms with van der Waals surface area (Å²) in [4.78, 5) is 8.80. The number of anilines is 2. The molecule has 1 aromatic heterocycles. The molecule has 1 heterocycles. The minimum atomic E-state index is 0.769. The summed E-state index contributed by atoms with van der Waals surface area (Å²) in [7, 11) is 0. The highest BCUT2D eigenvalue weighted by Gasteiger charge is 2.01. The highest BCUT2D eigenvalue weighted by atomic mass is 15.1. The van der Waals surface area contributed by atoms with E-state index < -0.39 is 0 Å². The minimum Gasteiger partial charge on any atom is -0.370 e. The predicted octanol–water partition coefficient (Wildman–Crippen LogP) is 3.53. The molecule has 0 saturated heterocycles. The van der Waals surface area contributed by atoms with Crippen molar-refractivity contribution >= 4 is 11.6 Å². The number of rotatable bonds is 6. The average Bonchev–Trinajstić information content (AvgIpc) is 2.42. The molecule has 4 nitrogen and oxygen atoms in total. The normalized spacial score (nSPS) is 10.3. The molecule has 0 saturated carbocycles. The number of aryl methyl sites for hydroxylation is 2. The Hall–Kier alpha value is -2.10. The lowest BCUT2D eigenvalue weighted by Crippen LogP contribution is -2.07. The molecular weight excluding hydrogens is 248 g/mol. The first-order valence-electron chi connectivity index (χ1n) is 7.06. The second kappa shape index (κ2) is 6.89. The molecule has 2 rings (SSSR count). The third-order valence-corrected chi connectivity index (χ3v) is 2.95. The molecular formula is C16H22N4. The molecule has 2 N–H and O–H groups in total. The summed E-state index contributed by atoms with van der Waals surface area (Å²) in [6.45, 7) is 7.84. The summed E-state index contributed by atoms with van der Waals surface area (Å²) >= 11 is 0. The van der Waals surface area contributed by atoms with Crippen molar-refractivity contribution in [1.82, 2.24) is 9.97 Å². The van der Waals surface area contributed by atoms with Gasteiger partial charge in [-0.3, -0.25) is 0 Å². The van der Waals surface area contributed by atoms with Gasteiger partial charge in [0.05, 0.1) is 0 Å². The van der Waals surface area contributed by atoms with Gasteiger partial charge in [0.15, 0.2) is 0 Å². The molecule has 0 aliphatic heterocycles. The van der Waals surface area contributed by atoms with Crippen molar-refractivity contribution in [3.63, 3.8) is 0 Å². The Labute approximate surface area is 120 Å². The molecule has 0 bridgehead atoms. The third-order valence-electron chi connectivity index (χ3n) is 2.95. The van der Waals surface area contributed by atoms with Gasteiger partial charge in [0.2, 0.25) is 0 Å². The van der Waals surface area contributed by atoms with E-state index in [0.717, 1.165) is 37.0 Å². The maximum atomic E-state index is 4.42. The van der Waals surface area contributed by atoms with E-state index in [1.807, 2.05) is 13.0 Å². The molecule has 0 aliphatic carbocycles.